The van der Waals surface area contributed by atoms with Gasteiger partial charge in [0.05, 0.1) is 12.2 Å². The van der Waals surface area contributed by atoms with E-state index in [1.807, 2.05) is 0 Å². The van der Waals surface area contributed by atoms with Crippen LogP contribution < -0.4 is 5.32 Å². The van der Waals surface area contributed by atoms with Gasteiger partial charge in [-0.15, -0.1) is 0 Å². The minimum absolute atomic E-state index is 0.450. The molecule has 5 atom stereocenters. The molecule has 0 radical (unpaired) electrons. The summed E-state index contributed by atoms with van der Waals surface area (Å²) in [5.74, 6) is 2.51. The Morgan fingerprint density at radius 3 is 2.55 bits per heavy atom. The summed E-state index contributed by atoms with van der Waals surface area (Å²) in [5.41, 5.74) is 0. The lowest BCUT2D eigenvalue weighted by molar-refractivity contribution is -0.0793. The molecule has 0 bridgehead atoms. The molecule has 2 fully saturated rings. The third-order valence-electron chi connectivity index (χ3n) is 5.50. The SMILES string of the molecule is CCNC1CCC(C(C)C)CC1OC1CCCC(C)C1. The highest BCUT2D eigenvalue weighted by molar-refractivity contribution is 4.88. The summed E-state index contributed by atoms with van der Waals surface area (Å²) in [5, 5.41) is 3.67. The zero-order valence-electron chi connectivity index (χ0n) is 14.0. The first kappa shape index (κ1) is 16.3. The zero-order chi connectivity index (χ0) is 14.5. The van der Waals surface area contributed by atoms with Gasteiger partial charge >= 0.3 is 0 Å². The second-order valence-electron chi connectivity index (χ2n) is 7.55. The summed E-state index contributed by atoms with van der Waals surface area (Å²) >= 11 is 0. The van der Waals surface area contributed by atoms with Crippen molar-refractivity contribution in [1.29, 1.82) is 0 Å². The van der Waals surface area contributed by atoms with E-state index in [0.717, 1.165) is 24.3 Å². The molecule has 0 amide bonds. The Morgan fingerprint density at radius 2 is 1.90 bits per heavy atom. The molecule has 5 unspecified atom stereocenters. The largest absolute Gasteiger partial charge is 0.373 e. The lowest BCUT2D eigenvalue weighted by Crippen LogP contribution is -2.48. The number of hydrogen-bond acceptors (Lipinski definition) is 2. The van der Waals surface area contributed by atoms with Crippen LogP contribution in [0.5, 0.6) is 0 Å². The third-order valence-corrected chi connectivity index (χ3v) is 5.50. The molecule has 2 aliphatic rings. The highest BCUT2D eigenvalue weighted by atomic mass is 16.5. The van der Waals surface area contributed by atoms with Gasteiger partial charge in [0.15, 0.2) is 0 Å². The molecule has 2 nitrogen and oxygen atoms in total. The van der Waals surface area contributed by atoms with Crippen molar-refractivity contribution in [2.24, 2.45) is 17.8 Å². The average molecular weight is 281 g/mol. The molecule has 20 heavy (non-hydrogen) atoms. The lowest BCUT2D eigenvalue weighted by Gasteiger charge is -2.41. The van der Waals surface area contributed by atoms with Gasteiger partial charge in [0.1, 0.15) is 0 Å². The summed E-state index contributed by atoms with van der Waals surface area (Å²) in [4.78, 5) is 0. The van der Waals surface area contributed by atoms with E-state index in [9.17, 15) is 0 Å². The molecule has 2 rings (SSSR count). The quantitative estimate of drug-likeness (QED) is 0.807. The number of rotatable bonds is 5. The molecule has 0 aromatic rings. The Labute approximate surface area is 126 Å². The van der Waals surface area contributed by atoms with Crippen molar-refractivity contribution in [3.05, 3.63) is 0 Å². The number of nitrogens with one attached hydrogen (secondary N) is 1. The van der Waals surface area contributed by atoms with Crippen LogP contribution >= 0.6 is 0 Å². The molecule has 0 saturated heterocycles. The van der Waals surface area contributed by atoms with Crippen molar-refractivity contribution < 1.29 is 4.74 Å². The first-order valence-corrected chi connectivity index (χ1v) is 8.99. The first-order chi connectivity index (χ1) is 9.60. The Morgan fingerprint density at radius 1 is 1.10 bits per heavy atom. The Kier molecular flexibility index (Phi) is 6.35. The van der Waals surface area contributed by atoms with Crippen LogP contribution in [0.15, 0.2) is 0 Å². The van der Waals surface area contributed by atoms with E-state index in [4.69, 9.17) is 4.74 Å². The van der Waals surface area contributed by atoms with Crippen molar-refractivity contribution in [1.82, 2.24) is 5.32 Å². The van der Waals surface area contributed by atoms with E-state index < -0.39 is 0 Å². The van der Waals surface area contributed by atoms with E-state index in [1.54, 1.807) is 0 Å². The van der Waals surface area contributed by atoms with Gasteiger partial charge in [-0.2, -0.15) is 0 Å². The molecule has 0 spiro atoms. The molecule has 2 aliphatic carbocycles. The smallest absolute Gasteiger partial charge is 0.0734 e. The maximum absolute atomic E-state index is 6.59. The number of ether oxygens (including phenoxy) is 1. The van der Waals surface area contributed by atoms with Crippen LogP contribution in [0.3, 0.4) is 0 Å². The zero-order valence-corrected chi connectivity index (χ0v) is 14.0. The first-order valence-electron chi connectivity index (χ1n) is 8.99. The van der Waals surface area contributed by atoms with Gasteiger partial charge in [-0.1, -0.05) is 40.5 Å². The van der Waals surface area contributed by atoms with Gasteiger partial charge in [-0.25, -0.2) is 0 Å². The van der Waals surface area contributed by atoms with Crippen molar-refractivity contribution in [3.63, 3.8) is 0 Å². The molecule has 0 aromatic heterocycles. The molecule has 0 aromatic carbocycles. The molecule has 0 heterocycles. The lowest BCUT2D eigenvalue weighted by atomic mass is 9.77. The minimum Gasteiger partial charge on any atom is -0.373 e. The van der Waals surface area contributed by atoms with Gasteiger partial charge < -0.3 is 10.1 Å². The maximum atomic E-state index is 6.59. The number of likely N-dealkylation sites (N-methyl/N-ethyl adjacent to an activating group) is 1. The summed E-state index contributed by atoms with van der Waals surface area (Å²) in [6.07, 6.45) is 10.2. The molecule has 2 heteroatoms. The summed E-state index contributed by atoms with van der Waals surface area (Å²) in [6, 6.07) is 0.590. The van der Waals surface area contributed by atoms with E-state index in [2.05, 4.69) is 33.0 Å². The van der Waals surface area contributed by atoms with E-state index in [1.165, 1.54) is 44.9 Å². The topological polar surface area (TPSA) is 21.3 Å². The fourth-order valence-electron chi connectivity index (χ4n) is 4.16. The third kappa shape index (κ3) is 4.46. The summed E-state index contributed by atoms with van der Waals surface area (Å²) in [7, 11) is 0. The van der Waals surface area contributed by atoms with Crippen molar-refractivity contribution in [2.45, 2.75) is 90.9 Å². The van der Waals surface area contributed by atoms with Crippen molar-refractivity contribution in [2.75, 3.05) is 6.54 Å². The standard InChI is InChI=1S/C18H35NO/c1-5-19-17-10-9-15(13(2)3)12-18(17)20-16-8-6-7-14(4)11-16/h13-19H,5-12H2,1-4H3. The van der Waals surface area contributed by atoms with Gasteiger partial charge in [-0.05, 0) is 56.4 Å². The highest BCUT2D eigenvalue weighted by Gasteiger charge is 2.34. The van der Waals surface area contributed by atoms with Crippen LogP contribution in [0.25, 0.3) is 0 Å². The second kappa shape index (κ2) is 7.79. The minimum atomic E-state index is 0.450. The fraction of sp³-hybridized carbons (Fsp3) is 1.00. The van der Waals surface area contributed by atoms with E-state index in [0.29, 0.717) is 18.2 Å². The van der Waals surface area contributed by atoms with E-state index >= 15 is 0 Å². The highest BCUT2D eigenvalue weighted by Crippen LogP contribution is 2.35. The van der Waals surface area contributed by atoms with Crippen LogP contribution in [0, 0.1) is 17.8 Å². The second-order valence-corrected chi connectivity index (χ2v) is 7.55. The van der Waals surface area contributed by atoms with Gasteiger partial charge in [0.2, 0.25) is 0 Å². The van der Waals surface area contributed by atoms with Crippen LogP contribution in [0.2, 0.25) is 0 Å². The van der Waals surface area contributed by atoms with Crippen LogP contribution in [0.1, 0.15) is 72.6 Å². The Balaban J connectivity index is 1.92. The fourth-order valence-corrected chi connectivity index (χ4v) is 4.16. The van der Waals surface area contributed by atoms with Crippen LogP contribution in [0.4, 0.5) is 0 Å². The Bertz CT molecular complexity index is 279. The molecular weight excluding hydrogens is 246 g/mol. The molecule has 0 aliphatic heterocycles. The summed E-state index contributed by atoms with van der Waals surface area (Å²) < 4.78 is 6.59. The predicted molar refractivity (Wildman–Crippen MR) is 85.9 cm³/mol. The van der Waals surface area contributed by atoms with Gasteiger partial charge in [0.25, 0.3) is 0 Å². The summed E-state index contributed by atoms with van der Waals surface area (Å²) in [6.45, 7) is 10.4. The molecule has 1 N–H and O–H groups in total. The Hall–Kier alpha value is -0.0800. The average Bonchev–Trinajstić information content (AvgIpc) is 2.41. The monoisotopic (exact) mass is 281 g/mol. The number of hydrogen-bond donors (Lipinski definition) is 1. The predicted octanol–water partition coefficient (Wildman–Crippen LogP) is 4.38. The van der Waals surface area contributed by atoms with Crippen molar-refractivity contribution in [3.8, 4) is 0 Å². The van der Waals surface area contributed by atoms with E-state index in [-0.39, 0.29) is 0 Å². The van der Waals surface area contributed by atoms with Gasteiger partial charge in [-0.3, -0.25) is 0 Å². The molecule has 118 valence electrons. The van der Waals surface area contributed by atoms with Gasteiger partial charge in [0, 0.05) is 6.04 Å². The normalized spacial score (nSPS) is 39.1. The van der Waals surface area contributed by atoms with Crippen LogP contribution in [-0.2, 0) is 4.74 Å². The molecule has 2 saturated carbocycles. The maximum Gasteiger partial charge on any atom is 0.0734 e. The van der Waals surface area contributed by atoms with Crippen LogP contribution in [-0.4, -0.2) is 24.8 Å². The van der Waals surface area contributed by atoms with Crippen molar-refractivity contribution >= 4 is 0 Å². The molecular formula is C18H35NO.